The minimum atomic E-state index is -0.961. The van der Waals surface area contributed by atoms with Gasteiger partial charge in [-0.05, 0) is 88.1 Å². The maximum Gasteiger partial charge on any atom is 0.231 e. The molecule has 1 aliphatic heterocycles. The van der Waals surface area contributed by atoms with Crippen LogP contribution in [0.5, 0.6) is 0 Å². The zero-order valence-electron chi connectivity index (χ0n) is 22.9. The monoisotopic (exact) mass is 546 g/mol. The standard InChI is InChI=1S/C31H32F2N4O3/c1-16-29(17(2)40-35-16)18-4-11-27-26(13-18)34-30(36(27)20-5-8-22(39-3)9-6-20)28-14-19-12-23(19)31(38)37(28)21-7-10-24(32)25(33)15-21/h4,7,10-11,13,15,19-20,22-23,28H,5-6,8-9,12,14H2,1-3H3/t19-,20?,22?,23-,28-/m1/s1. The number of aromatic nitrogens is 3. The van der Waals surface area contributed by atoms with E-state index >= 15 is 0 Å². The lowest BCUT2D eigenvalue weighted by Crippen LogP contribution is -2.41. The van der Waals surface area contributed by atoms with Gasteiger partial charge in [-0.1, -0.05) is 11.2 Å². The molecule has 1 amide bonds. The molecule has 3 aliphatic rings. The van der Waals surface area contributed by atoms with Crippen LogP contribution in [0.15, 0.2) is 40.9 Å². The van der Waals surface area contributed by atoms with E-state index in [2.05, 4.69) is 27.9 Å². The number of hydrogen-bond acceptors (Lipinski definition) is 5. The van der Waals surface area contributed by atoms with Crippen LogP contribution in [0.4, 0.5) is 14.5 Å². The van der Waals surface area contributed by atoms with E-state index in [0.29, 0.717) is 5.69 Å². The number of methoxy groups -OCH3 is 1. The number of piperidine rings is 1. The molecule has 0 radical (unpaired) electrons. The van der Waals surface area contributed by atoms with Crippen LogP contribution in [-0.2, 0) is 9.53 Å². The summed E-state index contributed by atoms with van der Waals surface area (Å²) in [6.45, 7) is 3.82. The maximum atomic E-state index is 14.4. The van der Waals surface area contributed by atoms with E-state index in [-0.39, 0.29) is 35.9 Å². The van der Waals surface area contributed by atoms with Crippen LogP contribution in [0.1, 0.15) is 67.9 Å². The number of carbonyl (C=O) groups excluding carboxylic acids is 1. The largest absolute Gasteiger partial charge is 0.381 e. The van der Waals surface area contributed by atoms with Crippen molar-refractivity contribution in [2.45, 2.75) is 70.6 Å². The normalized spacial score (nSPS) is 26.4. The van der Waals surface area contributed by atoms with Crippen molar-refractivity contribution in [3.05, 3.63) is 65.3 Å². The fourth-order valence-corrected chi connectivity index (χ4v) is 7.02. The molecule has 3 atom stereocenters. The fraction of sp³-hybridized carbons (Fsp3) is 0.452. The van der Waals surface area contributed by atoms with Gasteiger partial charge in [0, 0.05) is 36.4 Å². The minimum absolute atomic E-state index is 0.0367. The summed E-state index contributed by atoms with van der Waals surface area (Å²) in [5.74, 6) is -0.155. The van der Waals surface area contributed by atoms with Crippen molar-refractivity contribution in [1.82, 2.24) is 14.7 Å². The Balaban J connectivity index is 1.38. The summed E-state index contributed by atoms with van der Waals surface area (Å²) in [6.07, 6.45) is 5.55. The number of rotatable bonds is 5. The summed E-state index contributed by atoms with van der Waals surface area (Å²) < 4.78 is 41.6. The number of ether oxygens (including phenoxy) is 1. The van der Waals surface area contributed by atoms with Crippen LogP contribution in [0.3, 0.4) is 0 Å². The Hall–Kier alpha value is -3.59. The molecule has 2 aromatic carbocycles. The number of aryl methyl sites for hydroxylation is 2. The number of carbonyl (C=O) groups is 1. The number of benzene rings is 2. The quantitative estimate of drug-likeness (QED) is 0.274. The Morgan fingerprint density at radius 3 is 2.50 bits per heavy atom. The van der Waals surface area contributed by atoms with Gasteiger partial charge in [0.2, 0.25) is 5.91 Å². The number of hydrogen-bond donors (Lipinski definition) is 0. The highest BCUT2D eigenvalue weighted by Crippen LogP contribution is 2.54. The predicted octanol–water partition coefficient (Wildman–Crippen LogP) is 6.83. The van der Waals surface area contributed by atoms with Gasteiger partial charge >= 0.3 is 0 Å². The first-order chi connectivity index (χ1) is 19.3. The minimum Gasteiger partial charge on any atom is -0.381 e. The van der Waals surface area contributed by atoms with Gasteiger partial charge in [-0.2, -0.15) is 0 Å². The van der Waals surface area contributed by atoms with Gasteiger partial charge in [-0.15, -0.1) is 0 Å². The third kappa shape index (κ3) is 4.05. The Kier molecular flexibility index (Phi) is 6.03. The molecule has 4 aromatic rings. The summed E-state index contributed by atoms with van der Waals surface area (Å²) in [4.78, 5) is 20.5. The number of amides is 1. The van der Waals surface area contributed by atoms with Crippen LogP contribution in [0.2, 0.25) is 0 Å². The molecular weight excluding hydrogens is 514 g/mol. The number of anilines is 1. The Labute approximate surface area is 231 Å². The van der Waals surface area contributed by atoms with Crippen LogP contribution >= 0.6 is 0 Å². The van der Waals surface area contributed by atoms with E-state index in [1.54, 1.807) is 12.0 Å². The lowest BCUT2D eigenvalue weighted by atomic mass is 9.91. The van der Waals surface area contributed by atoms with Gasteiger partial charge in [0.25, 0.3) is 0 Å². The number of fused-ring (bicyclic) bond motifs is 2. The van der Waals surface area contributed by atoms with E-state index in [4.69, 9.17) is 14.2 Å². The zero-order valence-corrected chi connectivity index (χ0v) is 22.9. The van der Waals surface area contributed by atoms with E-state index < -0.39 is 11.6 Å². The molecular formula is C31H32F2N4O3. The molecule has 7 rings (SSSR count). The molecule has 0 spiro atoms. The molecule has 7 nitrogen and oxygen atoms in total. The molecule has 40 heavy (non-hydrogen) atoms. The number of halogens is 2. The Morgan fingerprint density at radius 2 is 1.80 bits per heavy atom. The molecule has 2 aromatic heterocycles. The van der Waals surface area contributed by atoms with Gasteiger partial charge in [0.05, 0.1) is 28.9 Å². The van der Waals surface area contributed by atoms with Crippen molar-refractivity contribution < 1.29 is 22.8 Å². The first-order valence-corrected chi connectivity index (χ1v) is 14.1. The van der Waals surface area contributed by atoms with E-state index in [1.165, 1.54) is 6.07 Å². The average molecular weight is 547 g/mol. The average Bonchev–Trinajstić information content (AvgIpc) is 3.54. The number of imidazole rings is 1. The van der Waals surface area contributed by atoms with Crippen molar-refractivity contribution in [3.8, 4) is 11.1 Å². The molecule has 0 unspecified atom stereocenters. The molecule has 2 aliphatic carbocycles. The summed E-state index contributed by atoms with van der Waals surface area (Å²) in [6, 6.07) is 9.78. The second-order valence-corrected chi connectivity index (χ2v) is 11.6. The third-order valence-electron chi connectivity index (χ3n) is 9.18. The lowest BCUT2D eigenvalue weighted by Gasteiger charge is -2.37. The number of nitrogens with zero attached hydrogens (tertiary/aromatic N) is 4. The molecule has 0 N–H and O–H groups in total. The molecule has 3 fully saturated rings. The topological polar surface area (TPSA) is 73.4 Å². The molecule has 2 saturated carbocycles. The lowest BCUT2D eigenvalue weighted by molar-refractivity contribution is -0.121. The third-order valence-corrected chi connectivity index (χ3v) is 9.18. The van der Waals surface area contributed by atoms with Gasteiger partial charge in [0.15, 0.2) is 11.6 Å². The van der Waals surface area contributed by atoms with Crippen molar-refractivity contribution >= 4 is 22.6 Å². The van der Waals surface area contributed by atoms with Crippen LogP contribution in [0, 0.1) is 37.3 Å². The van der Waals surface area contributed by atoms with Gasteiger partial charge < -0.3 is 18.7 Å². The summed E-state index contributed by atoms with van der Waals surface area (Å²) in [7, 11) is 1.76. The van der Waals surface area contributed by atoms with Gasteiger partial charge in [0.1, 0.15) is 11.6 Å². The van der Waals surface area contributed by atoms with Crippen molar-refractivity contribution in [3.63, 3.8) is 0 Å². The van der Waals surface area contributed by atoms with Gasteiger partial charge in [-0.3, -0.25) is 4.79 Å². The van der Waals surface area contributed by atoms with Crippen LogP contribution in [0.25, 0.3) is 22.2 Å². The van der Waals surface area contributed by atoms with E-state index in [0.717, 1.165) is 90.1 Å². The molecule has 9 heteroatoms. The molecule has 1 saturated heterocycles. The molecule has 3 heterocycles. The first kappa shape index (κ1) is 25.4. The highest BCUT2D eigenvalue weighted by molar-refractivity contribution is 5.98. The van der Waals surface area contributed by atoms with Crippen LogP contribution < -0.4 is 4.90 Å². The van der Waals surface area contributed by atoms with Crippen molar-refractivity contribution in [2.75, 3.05) is 12.0 Å². The SMILES string of the molecule is COC1CCC(n2c([C@H]3C[C@H]4C[C@H]4C(=O)N3c3ccc(F)c(F)c3)nc3cc(-c4c(C)noc4C)ccc32)CC1. The Bertz CT molecular complexity index is 1600. The smallest absolute Gasteiger partial charge is 0.231 e. The molecule has 208 valence electrons. The summed E-state index contributed by atoms with van der Waals surface area (Å²) in [5.41, 5.74) is 4.95. The van der Waals surface area contributed by atoms with Crippen LogP contribution in [-0.4, -0.2) is 33.8 Å². The Morgan fingerprint density at radius 1 is 1.00 bits per heavy atom. The maximum absolute atomic E-state index is 14.4. The summed E-state index contributed by atoms with van der Waals surface area (Å²) in [5, 5.41) is 4.12. The second kappa shape index (κ2) is 9.51. The summed E-state index contributed by atoms with van der Waals surface area (Å²) >= 11 is 0. The first-order valence-electron chi connectivity index (χ1n) is 14.1. The predicted molar refractivity (Wildman–Crippen MR) is 146 cm³/mol. The fourth-order valence-electron chi connectivity index (χ4n) is 7.02. The van der Waals surface area contributed by atoms with Crippen molar-refractivity contribution in [2.24, 2.45) is 11.8 Å². The highest BCUT2D eigenvalue weighted by Gasteiger charge is 2.54. The second-order valence-electron chi connectivity index (χ2n) is 11.6. The van der Waals surface area contributed by atoms with E-state index in [1.807, 2.05) is 13.8 Å². The van der Waals surface area contributed by atoms with Gasteiger partial charge in [-0.25, -0.2) is 13.8 Å². The van der Waals surface area contributed by atoms with E-state index in [9.17, 15) is 13.6 Å². The highest BCUT2D eigenvalue weighted by atomic mass is 19.2. The van der Waals surface area contributed by atoms with Crippen molar-refractivity contribution in [1.29, 1.82) is 0 Å². The molecule has 0 bridgehead atoms. The zero-order chi connectivity index (χ0) is 27.7.